The number of hydrogen-bond acceptors (Lipinski definition) is 7. The highest BCUT2D eigenvalue weighted by Gasteiger charge is 2.30. The minimum Gasteiger partial charge on any atom is -0.396 e. The summed E-state index contributed by atoms with van der Waals surface area (Å²) in [6.45, 7) is 4.46. The largest absolute Gasteiger partial charge is 0.396 e. The fourth-order valence-corrected chi connectivity index (χ4v) is 3.27. The van der Waals surface area contributed by atoms with Crippen molar-refractivity contribution >= 4 is 11.9 Å². The van der Waals surface area contributed by atoms with Crippen LogP contribution in [0.1, 0.15) is 6.42 Å². The van der Waals surface area contributed by atoms with Crippen LogP contribution in [-0.4, -0.2) is 94.4 Å². The molecule has 0 spiro atoms. The molecule has 0 saturated carbocycles. The van der Waals surface area contributed by atoms with Gasteiger partial charge in [-0.2, -0.15) is 0 Å². The van der Waals surface area contributed by atoms with E-state index in [0.717, 1.165) is 32.1 Å². The molecule has 2 saturated heterocycles. The molecule has 2 aliphatic rings. The van der Waals surface area contributed by atoms with Crippen molar-refractivity contribution in [1.29, 1.82) is 0 Å². The van der Waals surface area contributed by atoms with E-state index in [1.54, 1.807) is 23.4 Å². The molecule has 0 aromatic carbocycles. The van der Waals surface area contributed by atoms with Gasteiger partial charge >= 0.3 is 0 Å². The molecule has 1 amide bonds. The molecule has 3 heterocycles. The van der Waals surface area contributed by atoms with E-state index in [-0.39, 0.29) is 18.4 Å². The number of anilines is 1. The molecule has 8 heteroatoms. The number of carbonyl (C=O) groups is 1. The van der Waals surface area contributed by atoms with Gasteiger partial charge in [0.1, 0.15) is 0 Å². The molecule has 0 aliphatic carbocycles. The first-order chi connectivity index (χ1) is 11.7. The molecule has 2 fully saturated rings. The molecule has 2 N–H and O–H groups in total. The lowest BCUT2D eigenvalue weighted by molar-refractivity contribution is -0.137. The van der Waals surface area contributed by atoms with Gasteiger partial charge in [0.15, 0.2) is 0 Å². The lowest BCUT2D eigenvalue weighted by Gasteiger charge is -2.38. The Bertz CT molecular complexity index is 536. The third kappa shape index (κ3) is 4.00. The molecule has 2 atom stereocenters. The van der Waals surface area contributed by atoms with E-state index in [1.165, 1.54) is 0 Å². The van der Waals surface area contributed by atoms with Crippen LogP contribution in [0.4, 0.5) is 5.95 Å². The molecular weight excluding hydrogens is 310 g/mol. The van der Waals surface area contributed by atoms with E-state index in [2.05, 4.69) is 19.8 Å². The molecule has 3 rings (SSSR count). The highest BCUT2D eigenvalue weighted by Crippen LogP contribution is 2.18. The zero-order valence-electron chi connectivity index (χ0n) is 13.8. The van der Waals surface area contributed by atoms with Gasteiger partial charge in [-0.3, -0.25) is 9.69 Å². The average molecular weight is 335 g/mol. The number of aromatic nitrogens is 2. The van der Waals surface area contributed by atoms with Gasteiger partial charge in [-0.1, -0.05) is 0 Å². The molecule has 0 bridgehead atoms. The fourth-order valence-electron chi connectivity index (χ4n) is 3.27. The third-order valence-electron chi connectivity index (χ3n) is 4.87. The lowest BCUT2D eigenvalue weighted by atomic mass is 9.95. The normalized spacial score (nSPS) is 25.8. The third-order valence-corrected chi connectivity index (χ3v) is 4.87. The number of amides is 1. The fraction of sp³-hybridized carbons (Fsp3) is 0.688. The van der Waals surface area contributed by atoms with Crippen LogP contribution in [0.15, 0.2) is 18.5 Å². The van der Waals surface area contributed by atoms with Gasteiger partial charge in [0, 0.05) is 64.2 Å². The maximum atomic E-state index is 12.4. The number of hydrogen-bond donors (Lipinski definition) is 2. The van der Waals surface area contributed by atoms with Crippen molar-refractivity contribution in [3.05, 3.63) is 18.5 Å². The van der Waals surface area contributed by atoms with E-state index in [0.29, 0.717) is 26.1 Å². The molecule has 24 heavy (non-hydrogen) atoms. The second-order valence-corrected chi connectivity index (χ2v) is 6.45. The Hall–Kier alpha value is -1.77. The van der Waals surface area contributed by atoms with Crippen molar-refractivity contribution in [3.8, 4) is 0 Å². The molecule has 1 aromatic heterocycles. The van der Waals surface area contributed by atoms with Crippen LogP contribution in [0, 0.1) is 5.92 Å². The van der Waals surface area contributed by atoms with Crippen LogP contribution in [0.5, 0.6) is 0 Å². The predicted octanol–water partition coefficient (Wildman–Crippen LogP) is -1.20. The Morgan fingerprint density at radius 2 is 1.88 bits per heavy atom. The number of carbonyl (C=O) groups excluding carboxylic acids is 1. The van der Waals surface area contributed by atoms with Gasteiger partial charge in [0.2, 0.25) is 11.9 Å². The van der Waals surface area contributed by atoms with Gasteiger partial charge in [0.05, 0.1) is 12.6 Å². The SMILES string of the molecule is O=C(CN1CCN(c2ncccn2)CC1)N1CC[C@H](CO)[C@@H](O)C1. The number of piperidine rings is 1. The van der Waals surface area contributed by atoms with Crippen molar-refractivity contribution in [1.82, 2.24) is 19.8 Å². The highest BCUT2D eigenvalue weighted by molar-refractivity contribution is 5.78. The Morgan fingerprint density at radius 3 is 2.50 bits per heavy atom. The topological polar surface area (TPSA) is 93.0 Å². The first kappa shape index (κ1) is 17.1. The standard InChI is InChI=1S/C16H25N5O3/c22-12-13-2-5-21(10-14(13)23)15(24)11-19-6-8-20(9-7-19)16-17-3-1-4-18-16/h1,3-4,13-14,22-23H,2,5-12H2/t13-,14+/m1/s1. The smallest absolute Gasteiger partial charge is 0.236 e. The molecule has 1 aromatic rings. The second kappa shape index (κ2) is 7.87. The minimum absolute atomic E-state index is 0.0211. The van der Waals surface area contributed by atoms with E-state index >= 15 is 0 Å². The number of piperazine rings is 1. The van der Waals surface area contributed by atoms with Gasteiger partial charge in [-0.15, -0.1) is 0 Å². The summed E-state index contributed by atoms with van der Waals surface area (Å²) in [6, 6.07) is 1.80. The molecular formula is C16H25N5O3. The van der Waals surface area contributed by atoms with Crippen LogP contribution in [0.3, 0.4) is 0 Å². The van der Waals surface area contributed by atoms with Crippen molar-refractivity contribution in [2.45, 2.75) is 12.5 Å². The average Bonchev–Trinajstić information content (AvgIpc) is 2.63. The van der Waals surface area contributed by atoms with E-state index < -0.39 is 6.10 Å². The summed E-state index contributed by atoms with van der Waals surface area (Å²) >= 11 is 0. The summed E-state index contributed by atoms with van der Waals surface area (Å²) in [5, 5.41) is 19.1. The van der Waals surface area contributed by atoms with Crippen molar-refractivity contribution < 1.29 is 15.0 Å². The van der Waals surface area contributed by atoms with E-state index in [4.69, 9.17) is 0 Å². The predicted molar refractivity (Wildman–Crippen MR) is 88.5 cm³/mol. The minimum atomic E-state index is -0.625. The van der Waals surface area contributed by atoms with Crippen molar-refractivity contribution in [2.24, 2.45) is 5.92 Å². The van der Waals surface area contributed by atoms with Gasteiger partial charge in [-0.25, -0.2) is 9.97 Å². The summed E-state index contributed by atoms with van der Waals surface area (Å²) in [5.74, 6) is 0.677. The lowest BCUT2D eigenvalue weighted by Crippen LogP contribution is -2.53. The first-order valence-electron chi connectivity index (χ1n) is 8.48. The number of nitrogens with zero attached hydrogens (tertiary/aromatic N) is 5. The van der Waals surface area contributed by atoms with Crippen LogP contribution < -0.4 is 4.90 Å². The zero-order chi connectivity index (χ0) is 16.9. The van der Waals surface area contributed by atoms with Crippen LogP contribution in [-0.2, 0) is 4.79 Å². The molecule has 2 aliphatic heterocycles. The number of aliphatic hydroxyl groups is 2. The van der Waals surface area contributed by atoms with E-state index in [1.807, 2.05) is 0 Å². The number of β-amino-alcohol motifs (C(OH)–C–C–N with tert-alkyl or cyclic N) is 1. The van der Waals surface area contributed by atoms with Crippen LogP contribution in [0.2, 0.25) is 0 Å². The molecule has 8 nitrogen and oxygen atoms in total. The van der Waals surface area contributed by atoms with Crippen LogP contribution >= 0.6 is 0 Å². The van der Waals surface area contributed by atoms with Crippen molar-refractivity contribution in [2.75, 3.05) is 57.3 Å². The second-order valence-electron chi connectivity index (χ2n) is 6.45. The Kier molecular flexibility index (Phi) is 5.60. The Morgan fingerprint density at radius 1 is 1.17 bits per heavy atom. The zero-order valence-corrected chi connectivity index (χ0v) is 13.8. The summed E-state index contributed by atoms with van der Waals surface area (Å²) in [6.07, 6.45) is 3.50. The summed E-state index contributed by atoms with van der Waals surface area (Å²) in [5.41, 5.74) is 0. The quantitative estimate of drug-likeness (QED) is 0.714. The number of rotatable bonds is 4. The molecule has 0 unspecified atom stereocenters. The maximum absolute atomic E-state index is 12.4. The maximum Gasteiger partial charge on any atom is 0.236 e. The van der Waals surface area contributed by atoms with Crippen molar-refractivity contribution in [3.63, 3.8) is 0 Å². The first-order valence-corrected chi connectivity index (χ1v) is 8.48. The molecule has 132 valence electrons. The van der Waals surface area contributed by atoms with Gasteiger partial charge in [-0.05, 0) is 12.5 Å². The molecule has 0 radical (unpaired) electrons. The highest BCUT2D eigenvalue weighted by atomic mass is 16.3. The summed E-state index contributed by atoms with van der Waals surface area (Å²) < 4.78 is 0. The van der Waals surface area contributed by atoms with Crippen LogP contribution in [0.25, 0.3) is 0 Å². The van der Waals surface area contributed by atoms with E-state index in [9.17, 15) is 15.0 Å². The Labute approximate surface area is 141 Å². The monoisotopic (exact) mass is 335 g/mol. The number of likely N-dealkylation sites (tertiary alicyclic amines) is 1. The number of aliphatic hydroxyl groups excluding tert-OH is 2. The Balaban J connectivity index is 1.45. The van der Waals surface area contributed by atoms with Gasteiger partial charge in [0.25, 0.3) is 0 Å². The summed E-state index contributed by atoms with van der Waals surface area (Å²) in [7, 11) is 0. The summed E-state index contributed by atoms with van der Waals surface area (Å²) in [4.78, 5) is 26.9. The van der Waals surface area contributed by atoms with Gasteiger partial charge < -0.3 is 20.0 Å².